The van der Waals surface area contributed by atoms with E-state index in [-0.39, 0.29) is 24.0 Å². The predicted octanol–water partition coefficient (Wildman–Crippen LogP) is 3.15. The molecule has 3 saturated heterocycles. The second-order valence-electron chi connectivity index (χ2n) is 8.25. The minimum atomic E-state index is -0.718. The van der Waals surface area contributed by atoms with Gasteiger partial charge in [-0.25, -0.2) is 0 Å². The van der Waals surface area contributed by atoms with Crippen LogP contribution in [-0.4, -0.2) is 51.5 Å². The first-order valence-electron chi connectivity index (χ1n) is 10.3. The van der Waals surface area contributed by atoms with Crippen molar-refractivity contribution in [1.29, 1.82) is 0 Å². The number of fused-ring (bicyclic) bond motifs is 1. The van der Waals surface area contributed by atoms with Gasteiger partial charge in [-0.05, 0) is 17.0 Å². The van der Waals surface area contributed by atoms with Crippen molar-refractivity contribution in [3.63, 3.8) is 0 Å². The van der Waals surface area contributed by atoms with Gasteiger partial charge in [0, 0.05) is 24.5 Å². The maximum absolute atomic E-state index is 13.4. The Balaban J connectivity index is 1.31. The zero-order chi connectivity index (χ0) is 20.3. The highest BCUT2D eigenvalue weighted by Crippen LogP contribution is 2.50. The average molecular weight is 399 g/mol. The molecule has 0 aliphatic carbocycles. The van der Waals surface area contributed by atoms with Gasteiger partial charge in [-0.15, -0.1) is 0 Å². The van der Waals surface area contributed by atoms with Gasteiger partial charge in [-0.1, -0.05) is 54.6 Å². The number of carbonyl (C=O) groups excluding carboxylic acids is 2. The molecule has 3 aliphatic rings. The number of amides is 2. The molecule has 4 heterocycles. The van der Waals surface area contributed by atoms with Crippen molar-refractivity contribution in [3.8, 4) is 0 Å². The topological polar surface area (TPSA) is 62.7 Å². The van der Waals surface area contributed by atoms with Gasteiger partial charge in [0.15, 0.2) is 5.72 Å². The zero-order valence-electron chi connectivity index (χ0n) is 16.4. The van der Waals surface area contributed by atoms with Crippen molar-refractivity contribution in [1.82, 2.24) is 14.8 Å². The fourth-order valence-corrected chi connectivity index (χ4v) is 5.26. The van der Waals surface area contributed by atoms with Crippen molar-refractivity contribution in [2.45, 2.75) is 30.7 Å². The normalized spacial score (nSPS) is 27.5. The maximum atomic E-state index is 13.4. The number of hydrogen-bond acceptors (Lipinski definition) is 4. The number of nitrogens with zero attached hydrogens (tertiary/aromatic N) is 3. The molecule has 3 fully saturated rings. The van der Waals surface area contributed by atoms with Crippen molar-refractivity contribution in [3.05, 3.63) is 78.1 Å². The zero-order valence-corrected chi connectivity index (χ0v) is 16.4. The van der Waals surface area contributed by atoms with Crippen LogP contribution < -0.4 is 0 Å². The summed E-state index contributed by atoms with van der Waals surface area (Å²) in [6.45, 7) is 1.10. The van der Waals surface area contributed by atoms with E-state index in [1.807, 2.05) is 65.6 Å². The van der Waals surface area contributed by atoms with Gasteiger partial charge in [0.1, 0.15) is 11.8 Å². The Kier molecular flexibility index (Phi) is 3.74. The number of ether oxygens (including phenoxy) is 1. The third-order valence-electron chi connectivity index (χ3n) is 6.71. The molecule has 3 atom stereocenters. The Morgan fingerprint density at radius 2 is 1.83 bits per heavy atom. The number of pyridine rings is 1. The van der Waals surface area contributed by atoms with Crippen molar-refractivity contribution in [2.24, 2.45) is 0 Å². The lowest BCUT2D eigenvalue weighted by atomic mass is 10.1. The second-order valence-corrected chi connectivity index (χ2v) is 8.25. The summed E-state index contributed by atoms with van der Waals surface area (Å²) in [7, 11) is 0. The summed E-state index contributed by atoms with van der Waals surface area (Å²) in [4.78, 5) is 34.2. The van der Waals surface area contributed by atoms with E-state index >= 15 is 0 Å². The van der Waals surface area contributed by atoms with E-state index in [0.717, 1.165) is 16.3 Å². The summed E-state index contributed by atoms with van der Waals surface area (Å²) in [5, 5.41) is 1.98. The minimum absolute atomic E-state index is 0.0578. The van der Waals surface area contributed by atoms with Gasteiger partial charge in [-0.3, -0.25) is 14.6 Å². The van der Waals surface area contributed by atoms with Gasteiger partial charge in [0.05, 0.1) is 19.0 Å². The highest BCUT2D eigenvalue weighted by Gasteiger charge is 2.65. The minimum Gasteiger partial charge on any atom is -0.343 e. The first-order chi connectivity index (χ1) is 14.7. The molecule has 1 spiro atoms. The molecule has 3 aromatic rings. The number of benzene rings is 2. The van der Waals surface area contributed by atoms with E-state index in [9.17, 15) is 9.59 Å². The van der Waals surface area contributed by atoms with Crippen LogP contribution in [-0.2, 0) is 9.53 Å². The summed E-state index contributed by atoms with van der Waals surface area (Å²) in [5.41, 5.74) is 0.757. The first kappa shape index (κ1) is 17.6. The van der Waals surface area contributed by atoms with Crippen LogP contribution >= 0.6 is 0 Å². The van der Waals surface area contributed by atoms with Crippen molar-refractivity contribution < 1.29 is 14.3 Å². The molecule has 1 aromatic heterocycles. The van der Waals surface area contributed by atoms with E-state index in [0.29, 0.717) is 31.6 Å². The molecule has 2 aromatic carbocycles. The molecular weight excluding hydrogens is 378 g/mol. The van der Waals surface area contributed by atoms with E-state index in [1.165, 1.54) is 0 Å². The fraction of sp³-hybridized carbons (Fsp3) is 0.292. The number of rotatable bonds is 2. The number of likely N-dealkylation sites (tertiary alicyclic amines) is 1. The lowest BCUT2D eigenvalue weighted by Gasteiger charge is -2.31. The van der Waals surface area contributed by atoms with Crippen LogP contribution in [0.25, 0.3) is 10.8 Å². The Morgan fingerprint density at radius 3 is 2.67 bits per heavy atom. The number of carbonyl (C=O) groups is 2. The Morgan fingerprint density at radius 1 is 1.07 bits per heavy atom. The SMILES string of the molecule is O=C(c1cc2ccccc2cn1)N1CC[C@@]23O[C@@H](c4ccccc4)CN2C(=O)C[C@@H]13. The quantitative estimate of drug-likeness (QED) is 0.664. The first-order valence-corrected chi connectivity index (χ1v) is 10.3. The van der Waals surface area contributed by atoms with Crippen molar-refractivity contribution in [2.75, 3.05) is 13.1 Å². The van der Waals surface area contributed by atoms with Crippen LogP contribution in [0.4, 0.5) is 0 Å². The third kappa shape index (κ3) is 2.43. The number of hydrogen-bond donors (Lipinski definition) is 0. The molecule has 6 heteroatoms. The molecule has 0 N–H and O–H groups in total. The summed E-state index contributed by atoms with van der Waals surface area (Å²) >= 11 is 0. The lowest BCUT2D eigenvalue weighted by molar-refractivity contribution is -0.138. The highest BCUT2D eigenvalue weighted by molar-refractivity contribution is 5.97. The standard InChI is InChI=1S/C24H21N3O3/c28-22-13-21-24(27(22)15-20(30-24)16-6-2-1-3-7-16)10-11-26(21)23(29)19-12-17-8-4-5-9-18(17)14-25-19/h1-9,12,14,20-21H,10-11,13,15H2/t20-,21-,24+/m1/s1. The molecule has 0 bridgehead atoms. The monoisotopic (exact) mass is 399 g/mol. The van der Waals surface area contributed by atoms with Crippen LogP contribution in [0.3, 0.4) is 0 Å². The molecule has 0 radical (unpaired) electrons. The summed E-state index contributed by atoms with van der Waals surface area (Å²) < 4.78 is 6.53. The Bertz CT molecular complexity index is 1160. The van der Waals surface area contributed by atoms with E-state index < -0.39 is 5.72 Å². The molecule has 0 unspecified atom stereocenters. The van der Waals surface area contributed by atoms with Gasteiger partial charge in [0.2, 0.25) is 5.91 Å². The number of aromatic nitrogens is 1. The van der Waals surface area contributed by atoms with Crippen LogP contribution in [0, 0.1) is 0 Å². The Hall–Kier alpha value is -3.25. The second kappa shape index (κ2) is 6.37. The lowest BCUT2D eigenvalue weighted by Crippen LogP contribution is -2.48. The van der Waals surface area contributed by atoms with Crippen molar-refractivity contribution >= 4 is 22.6 Å². The Labute approximate surface area is 174 Å². The molecular formula is C24H21N3O3. The predicted molar refractivity (Wildman–Crippen MR) is 111 cm³/mol. The maximum Gasteiger partial charge on any atom is 0.272 e. The van der Waals surface area contributed by atoms with Crippen LogP contribution in [0.5, 0.6) is 0 Å². The average Bonchev–Trinajstić information content (AvgIpc) is 3.42. The van der Waals surface area contributed by atoms with Gasteiger partial charge < -0.3 is 14.5 Å². The van der Waals surface area contributed by atoms with Crippen LogP contribution in [0.1, 0.15) is 35.0 Å². The van der Waals surface area contributed by atoms with E-state index in [1.54, 1.807) is 11.1 Å². The summed E-state index contributed by atoms with van der Waals surface area (Å²) in [6.07, 6.45) is 2.51. The smallest absolute Gasteiger partial charge is 0.272 e. The van der Waals surface area contributed by atoms with E-state index in [4.69, 9.17) is 4.74 Å². The fourth-order valence-electron chi connectivity index (χ4n) is 5.26. The summed E-state index contributed by atoms with van der Waals surface area (Å²) in [5.74, 6) is -0.0774. The largest absolute Gasteiger partial charge is 0.343 e. The molecule has 6 nitrogen and oxygen atoms in total. The van der Waals surface area contributed by atoms with Crippen LogP contribution in [0.15, 0.2) is 66.9 Å². The third-order valence-corrected chi connectivity index (χ3v) is 6.71. The van der Waals surface area contributed by atoms with Gasteiger partial charge in [-0.2, -0.15) is 0 Å². The van der Waals surface area contributed by atoms with Gasteiger partial charge in [0.25, 0.3) is 5.91 Å². The molecule has 6 rings (SSSR count). The molecule has 150 valence electrons. The molecule has 2 amide bonds. The molecule has 0 saturated carbocycles. The summed E-state index contributed by atoms with van der Waals surface area (Å²) in [6, 6.07) is 19.4. The van der Waals surface area contributed by atoms with Gasteiger partial charge >= 0.3 is 0 Å². The van der Waals surface area contributed by atoms with Crippen LogP contribution in [0.2, 0.25) is 0 Å². The molecule has 3 aliphatic heterocycles. The highest BCUT2D eigenvalue weighted by atomic mass is 16.5. The molecule has 30 heavy (non-hydrogen) atoms. The van der Waals surface area contributed by atoms with E-state index in [2.05, 4.69) is 4.98 Å².